The fourth-order valence-corrected chi connectivity index (χ4v) is 4.16. The van der Waals surface area contributed by atoms with E-state index in [1.54, 1.807) is 16.8 Å². The van der Waals surface area contributed by atoms with Gasteiger partial charge in [-0.15, -0.1) is 0 Å². The Labute approximate surface area is 243 Å². The van der Waals surface area contributed by atoms with Crippen LogP contribution >= 0.6 is 0 Å². The zero-order valence-electron chi connectivity index (χ0n) is 25.8. The number of nitrogens with one attached hydrogen (secondary N) is 1. The number of unbranched alkanes of at least 4 members (excludes halogenated alkanes) is 12. The number of carbonyl (C=O) groups excluding carboxylic acids is 2. The van der Waals surface area contributed by atoms with Gasteiger partial charge < -0.3 is 34.4 Å². The van der Waals surface area contributed by atoms with E-state index in [2.05, 4.69) is 12.2 Å². The third kappa shape index (κ3) is 26.3. The van der Waals surface area contributed by atoms with Crippen LogP contribution in [0.5, 0.6) is 0 Å². The lowest BCUT2D eigenvalue weighted by molar-refractivity contribution is -0.134. The number of amides is 3. The van der Waals surface area contributed by atoms with Crippen molar-refractivity contribution in [2.45, 2.75) is 103 Å². The van der Waals surface area contributed by atoms with Crippen LogP contribution in [-0.2, 0) is 23.8 Å². The number of carbonyl (C=O) groups is 3. The molecule has 0 saturated carbocycles. The lowest BCUT2D eigenvalue weighted by Gasteiger charge is -2.22. The van der Waals surface area contributed by atoms with E-state index >= 15 is 0 Å². The summed E-state index contributed by atoms with van der Waals surface area (Å²) in [6.07, 6.45) is 16.6. The quantitative estimate of drug-likeness (QED) is 0.120. The van der Waals surface area contributed by atoms with Crippen LogP contribution in [0.15, 0.2) is 0 Å². The zero-order valence-corrected chi connectivity index (χ0v) is 25.8. The molecule has 0 fully saturated rings. The molecule has 0 aliphatic carbocycles. The van der Waals surface area contributed by atoms with Gasteiger partial charge in [0.05, 0.1) is 46.1 Å². The van der Waals surface area contributed by atoms with Gasteiger partial charge in [0.25, 0.3) is 0 Å². The van der Waals surface area contributed by atoms with Gasteiger partial charge in [-0.25, -0.2) is 4.79 Å². The minimum atomic E-state index is -1.07. The van der Waals surface area contributed by atoms with Gasteiger partial charge in [0, 0.05) is 40.2 Å². The first-order valence-corrected chi connectivity index (χ1v) is 15.6. The molecular weight excluding hydrogens is 514 g/mol. The van der Waals surface area contributed by atoms with E-state index in [9.17, 15) is 14.4 Å². The summed E-state index contributed by atoms with van der Waals surface area (Å²) in [4.78, 5) is 38.3. The van der Waals surface area contributed by atoms with Crippen molar-refractivity contribution in [3.8, 4) is 0 Å². The molecule has 0 aromatic rings. The minimum Gasteiger partial charge on any atom is -0.465 e. The van der Waals surface area contributed by atoms with Crippen LogP contribution < -0.4 is 5.32 Å². The van der Waals surface area contributed by atoms with Gasteiger partial charge in [0.1, 0.15) is 0 Å². The van der Waals surface area contributed by atoms with E-state index < -0.39 is 6.09 Å². The molecule has 0 atom stereocenters. The van der Waals surface area contributed by atoms with E-state index in [1.165, 1.54) is 70.6 Å². The van der Waals surface area contributed by atoms with Crippen molar-refractivity contribution in [1.29, 1.82) is 0 Å². The second kappa shape index (κ2) is 28.6. The Hall–Kier alpha value is -1.91. The number of hydrogen-bond donors (Lipinski definition) is 2. The molecule has 0 saturated heterocycles. The fourth-order valence-electron chi connectivity index (χ4n) is 4.16. The first kappa shape index (κ1) is 38.1. The molecule has 2 N–H and O–H groups in total. The molecule has 0 aliphatic heterocycles. The van der Waals surface area contributed by atoms with Crippen molar-refractivity contribution in [2.24, 2.45) is 0 Å². The van der Waals surface area contributed by atoms with Gasteiger partial charge in [0.2, 0.25) is 11.8 Å². The standard InChI is InChI=1S/C30H59N3O7/c1-4-5-6-7-8-9-10-11-12-13-14-15-16-17-28(34)32(2)20-21-33(3)29(35)18-22-38-24-26-40-27-25-39-23-19-31-30(36)37/h31H,4-27H2,1-3H3,(H,36,37). The van der Waals surface area contributed by atoms with E-state index in [-0.39, 0.29) is 24.8 Å². The Morgan fingerprint density at radius 3 is 1.45 bits per heavy atom. The molecule has 0 rings (SSSR count). The number of hydrogen-bond acceptors (Lipinski definition) is 6. The summed E-state index contributed by atoms with van der Waals surface area (Å²) < 4.78 is 16.0. The predicted octanol–water partition coefficient (Wildman–Crippen LogP) is 5.09. The van der Waals surface area contributed by atoms with Crippen LogP contribution in [0.2, 0.25) is 0 Å². The summed E-state index contributed by atoms with van der Waals surface area (Å²) >= 11 is 0. The molecule has 0 bridgehead atoms. The van der Waals surface area contributed by atoms with Crippen molar-refractivity contribution in [3.63, 3.8) is 0 Å². The van der Waals surface area contributed by atoms with Crippen molar-refractivity contribution < 1.29 is 33.7 Å². The predicted molar refractivity (Wildman–Crippen MR) is 159 cm³/mol. The largest absolute Gasteiger partial charge is 0.465 e. The Kier molecular flexibility index (Phi) is 27.2. The summed E-state index contributed by atoms with van der Waals surface area (Å²) in [5, 5.41) is 10.6. The second-order valence-electron chi connectivity index (χ2n) is 10.4. The Bertz CT molecular complexity index is 622. The smallest absolute Gasteiger partial charge is 0.404 e. The molecular formula is C30H59N3O7. The molecule has 0 spiro atoms. The first-order valence-electron chi connectivity index (χ1n) is 15.6. The summed E-state index contributed by atoms with van der Waals surface area (Å²) in [5.41, 5.74) is 0. The van der Waals surface area contributed by atoms with Gasteiger partial charge in [-0.1, -0.05) is 84.0 Å². The number of ether oxygens (including phenoxy) is 3. The molecule has 10 heteroatoms. The summed E-state index contributed by atoms with van der Waals surface area (Å²) in [6, 6.07) is 0. The molecule has 0 radical (unpaired) electrons. The molecule has 3 amide bonds. The Morgan fingerprint density at radius 1 is 0.575 bits per heavy atom. The SMILES string of the molecule is CCCCCCCCCCCCCCCC(=O)N(C)CCN(C)C(=O)CCOCCOCCOCCNC(=O)O. The van der Waals surface area contributed by atoms with Gasteiger partial charge in [0.15, 0.2) is 0 Å². The summed E-state index contributed by atoms with van der Waals surface area (Å²) in [5.74, 6) is 0.135. The molecule has 0 heterocycles. The van der Waals surface area contributed by atoms with Crippen LogP contribution in [0.4, 0.5) is 4.79 Å². The molecule has 236 valence electrons. The average molecular weight is 574 g/mol. The van der Waals surface area contributed by atoms with Gasteiger partial charge >= 0.3 is 6.09 Å². The molecule has 10 nitrogen and oxygen atoms in total. The number of nitrogens with zero attached hydrogens (tertiary/aromatic N) is 2. The second-order valence-corrected chi connectivity index (χ2v) is 10.4. The van der Waals surface area contributed by atoms with Crippen molar-refractivity contribution in [2.75, 3.05) is 73.4 Å². The highest BCUT2D eigenvalue weighted by Crippen LogP contribution is 2.13. The van der Waals surface area contributed by atoms with E-state index in [0.29, 0.717) is 59.2 Å². The number of carboxylic acid groups (broad SMARTS) is 1. The summed E-state index contributed by atoms with van der Waals surface area (Å²) in [7, 11) is 3.56. The monoisotopic (exact) mass is 573 g/mol. The minimum absolute atomic E-state index is 0.0124. The van der Waals surface area contributed by atoms with Crippen LogP contribution in [0.1, 0.15) is 103 Å². The molecule has 0 aromatic heterocycles. The topological polar surface area (TPSA) is 118 Å². The summed E-state index contributed by atoms with van der Waals surface area (Å²) in [6.45, 7) is 5.70. The third-order valence-corrected chi connectivity index (χ3v) is 6.84. The molecule has 0 unspecified atom stereocenters. The lowest BCUT2D eigenvalue weighted by atomic mass is 10.0. The van der Waals surface area contributed by atoms with E-state index in [1.807, 2.05) is 7.05 Å². The molecule has 40 heavy (non-hydrogen) atoms. The van der Waals surface area contributed by atoms with Crippen LogP contribution in [-0.4, -0.2) is 106 Å². The maximum atomic E-state index is 12.4. The number of likely N-dealkylation sites (N-methyl/N-ethyl adjacent to an activating group) is 2. The van der Waals surface area contributed by atoms with Crippen molar-refractivity contribution in [3.05, 3.63) is 0 Å². The van der Waals surface area contributed by atoms with Crippen LogP contribution in [0, 0.1) is 0 Å². The van der Waals surface area contributed by atoms with Crippen LogP contribution in [0.25, 0.3) is 0 Å². The Balaban J connectivity index is 3.56. The van der Waals surface area contributed by atoms with E-state index in [0.717, 1.165) is 12.8 Å². The van der Waals surface area contributed by atoms with Crippen molar-refractivity contribution in [1.82, 2.24) is 15.1 Å². The van der Waals surface area contributed by atoms with Gasteiger partial charge in [-0.05, 0) is 6.42 Å². The first-order chi connectivity index (χ1) is 19.4. The molecule has 0 aromatic carbocycles. The highest BCUT2D eigenvalue weighted by molar-refractivity contribution is 5.77. The zero-order chi connectivity index (χ0) is 29.7. The van der Waals surface area contributed by atoms with Crippen LogP contribution in [0.3, 0.4) is 0 Å². The average Bonchev–Trinajstić information content (AvgIpc) is 2.94. The highest BCUT2D eigenvalue weighted by atomic mass is 16.5. The molecule has 0 aliphatic rings. The number of rotatable bonds is 29. The maximum absolute atomic E-state index is 12.4. The highest BCUT2D eigenvalue weighted by Gasteiger charge is 2.12. The van der Waals surface area contributed by atoms with Crippen molar-refractivity contribution >= 4 is 17.9 Å². The van der Waals surface area contributed by atoms with Gasteiger partial charge in [-0.2, -0.15) is 0 Å². The normalized spacial score (nSPS) is 11.0. The van der Waals surface area contributed by atoms with Gasteiger partial charge in [-0.3, -0.25) is 9.59 Å². The third-order valence-electron chi connectivity index (χ3n) is 6.84. The fraction of sp³-hybridized carbons (Fsp3) is 0.900. The lowest BCUT2D eigenvalue weighted by Crippen LogP contribution is -2.37. The maximum Gasteiger partial charge on any atom is 0.404 e. The Morgan fingerprint density at radius 2 is 0.975 bits per heavy atom. The van der Waals surface area contributed by atoms with E-state index in [4.69, 9.17) is 19.3 Å².